The van der Waals surface area contributed by atoms with Crippen LogP contribution in [-0.4, -0.2) is 47.8 Å². The number of aryl methyl sites for hydroxylation is 1. The number of nitrogens with one attached hydrogen (secondary N) is 2. The first-order valence-electron chi connectivity index (χ1n) is 18.1. The topological polar surface area (TPSA) is 49.4 Å². The molecule has 5 nitrogen and oxygen atoms in total. The first-order valence-corrected chi connectivity index (χ1v) is 18.5. The van der Waals surface area contributed by atoms with E-state index < -0.39 is 0 Å². The Morgan fingerprint density at radius 3 is 2.74 bits per heavy atom. The van der Waals surface area contributed by atoms with Gasteiger partial charge in [-0.2, -0.15) is 0 Å². The van der Waals surface area contributed by atoms with Crippen molar-refractivity contribution in [3.8, 4) is 5.75 Å². The van der Waals surface area contributed by atoms with E-state index in [9.17, 15) is 0 Å². The summed E-state index contributed by atoms with van der Waals surface area (Å²) in [5, 5.41) is 9.53. The fourth-order valence-electron chi connectivity index (χ4n) is 9.83. The zero-order chi connectivity index (χ0) is 32.9. The fourth-order valence-corrected chi connectivity index (χ4v) is 10.0. The minimum atomic E-state index is 0.0502. The summed E-state index contributed by atoms with van der Waals surface area (Å²) in [6.45, 7) is 16.9. The third kappa shape index (κ3) is 6.10. The molecule has 8 rings (SSSR count). The predicted octanol–water partition coefficient (Wildman–Crippen LogP) is 8.48. The van der Waals surface area contributed by atoms with Gasteiger partial charge in [0, 0.05) is 30.7 Å². The zero-order valence-corrected chi connectivity index (χ0v) is 30.0. The molecule has 250 valence electrons. The SMILES string of the molecule is C=C[C@H]1CN2CC[C@H]1C[C@H]2[C@@H](NC(=S)NC[C@]1(C)CC[C@]2(C)c3ccc(C(C)C)cc3CC[C@@H]2C1)c1ccnc2ccc(OC)cc12. The molecule has 4 fully saturated rings. The molecule has 2 N–H and O–H groups in total. The predicted molar refractivity (Wildman–Crippen MR) is 198 cm³/mol. The van der Waals surface area contributed by atoms with Crippen LogP contribution in [0.5, 0.6) is 5.75 Å². The number of aromatic nitrogens is 1. The molecule has 2 bridgehead atoms. The summed E-state index contributed by atoms with van der Waals surface area (Å²) in [7, 11) is 1.73. The molecular weight excluding hydrogens is 597 g/mol. The number of thiocarbonyl (C=S) groups is 1. The largest absolute Gasteiger partial charge is 0.497 e. The normalized spacial score (nSPS) is 31.9. The molecule has 2 aromatic carbocycles. The number of pyridine rings is 1. The van der Waals surface area contributed by atoms with E-state index in [1.54, 1.807) is 18.2 Å². The van der Waals surface area contributed by atoms with Gasteiger partial charge in [0.1, 0.15) is 5.75 Å². The maximum atomic E-state index is 6.15. The molecule has 0 amide bonds. The summed E-state index contributed by atoms with van der Waals surface area (Å²) in [4.78, 5) is 7.38. The van der Waals surface area contributed by atoms with Gasteiger partial charge in [0.05, 0.1) is 18.7 Å². The molecular formula is C41H54N4OS. The van der Waals surface area contributed by atoms with Gasteiger partial charge in [-0.05, 0) is 145 Å². The van der Waals surface area contributed by atoms with Crippen molar-refractivity contribution in [2.75, 3.05) is 26.7 Å². The monoisotopic (exact) mass is 650 g/mol. The van der Waals surface area contributed by atoms with E-state index in [0.29, 0.717) is 29.7 Å². The Morgan fingerprint density at radius 1 is 1.15 bits per heavy atom. The van der Waals surface area contributed by atoms with Crippen molar-refractivity contribution in [3.05, 3.63) is 83.6 Å². The van der Waals surface area contributed by atoms with Crippen LogP contribution < -0.4 is 15.4 Å². The van der Waals surface area contributed by atoms with Gasteiger partial charge in [-0.25, -0.2) is 0 Å². The molecule has 1 unspecified atom stereocenters. The first-order chi connectivity index (χ1) is 22.6. The van der Waals surface area contributed by atoms with Crippen molar-refractivity contribution in [1.82, 2.24) is 20.5 Å². The summed E-state index contributed by atoms with van der Waals surface area (Å²) < 4.78 is 5.65. The molecule has 47 heavy (non-hydrogen) atoms. The van der Waals surface area contributed by atoms with Crippen LogP contribution in [0.1, 0.15) is 100 Å². The number of fused-ring (bicyclic) bond motifs is 7. The van der Waals surface area contributed by atoms with Crippen LogP contribution in [0.2, 0.25) is 0 Å². The van der Waals surface area contributed by atoms with Gasteiger partial charge in [0.15, 0.2) is 5.11 Å². The van der Waals surface area contributed by atoms with Crippen molar-refractivity contribution in [2.24, 2.45) is 23.2 Å². The Hall–Kier alpha value is -2.96. The zero-order valence-electron chi connectivity index (χ0n) is 29.1. The summed E-state index contributed by atoms with van der Waals surface area (Å²) in [5.74, 6) is 3.38. The standard InChI is InChI=1S/C41H54N4OS/c1-7-27-24-45-19-15-29(27)21-37(45)38(33-14-18-42-36-13-11-32(46-6)22-34(33)36)44-39(47)43-25-40(4)16-17-41(5)31(23-40)10-8-30-20-28(26(2)3)9-12-35(30)41/h7,9,11-14,18,20,22,26-27,29,31,37-38H,1,8,10,15-17,19,21,23-25H2,2-6H3,(H2,43,44,47)/t27-,29-,31+,37-,38-,40+,41-/m0/s1. The Balaban J connectivity index is 1.09. The molecule has 2 aliphatic carbocycles. The lowest BCUT2D eigenvalue weighted by Crippen LogP contribution is -2.58. The number of benzene rings is 2. The lowest BCUT2D eigenvalue weighted by molar-refractivity contribution is 0.00423. The molecule has 1 saturated carbocycles. The molecule has 0 spiro atoms. The van der Waals surface area contributed by atoms with Crippen LogP contribution in [0.4, 0.5) is 0 Å². The number of rotatable bonds is 8. The average molecular weight is 651 g/mol. The summed E-state index contributed by atoms with van der Waals surface area (Å²) >= 11 is 6.15. The van der Waals surface area contributed by atoms with E-state index >= 15 is 0 Å². The molecule has 3 aromatic rings. The second kappa shape index (κ2) is 12.8. The average Bonchev–Trinajstić information content (AvgIpc) is 3.09. The molecule has 3 aliphatic heterocycles. The number of piperidine rings is 3. The van der Waals surface area contributed by atoms with Crippen LogP contribution in [0.3, 0.4) is 0 Å². The Labute approximate surface area is 287 Å². The maximum absolute atomic E-state index is 6.15. The van der Waals surface area contributed by atoms with E-state index in [-0.39, 0.29) is 16.9 Å². The minimum Gasteiger partial charge on any atom is -0.497 e. The van der Waals surface area contributed by atoms with Crippen molar-refractivity contribution in [2.45, 2.75) is 96.1 Å². The minimum absolute atomic E-state index is 0.0502. The van der Waals surface area contributed by atoms with Crippen LogP contribution in [0, 0.1) is 23.2 Å². The van der Waals surface area contributed by atoms with Gasteiger partial charge >= 0.3 is 0 Å². The highest BCUT2D eigenvalue weighted by Gasteiger charge is 2.48. The Kier molecular flexibility index (Phi) is 8.88. The quantitative estimate of drug-likeness (QED) is 0.188. The van der Waals surface area contributed by atoms with E-state index in [0.717, 1.165) is 47.8 Å². The molecule has 8 atom stereocenters. The van der Waals surface area contributed by atoms with Crippen molar-refractivity contribution in [1.29, 1.82) is 0 Å². The van der Waals surface area contributed by atoms with Gasteiger partial charge in [-0.1, -0.05) is 52.0 Å². The van der Waals surface area contributed by atoms with Gasteiger partial charge < -0.3 is 15.4 Å². The van der Waals surface area contributed by atoms with Gasteiger partial charge in [0.2, 0.25) is 0 Å². The number of hydrogen-bond donors (Lipinski definition) is 2. The third-order valence-electron chi connectivity index (χ3n) is 12.9. The van der Waals surface area contributed by atoms with Crippen LogP contribution in [0.25, 0.3) is 10.9 Å². The van der Waals surface area contributed by atoms with Crippen molar-refractivity contribution in [3.63, 3.8) is 0 Å². The highest BCUT2D eigenvalue weighted by Crippen LogP contribution is 2.55. The number of nitrogens with zero attached hydrogens (tertiary/aromatic N) is 2. The van der Waals surface area contributed by atoms with Crippen LogP contribution in [-0.2, 0) is 11.8 Å². The highest BCUT2D eigenvalue weighted by atomic mass is 32.1. The molecule has 0 radical (unpaired) electrons. The third-order valence-corrected chi connectivity index (χ3v) is 13.1. The molecule has 3 saturated heterocycles. The van der Waals surface area contributed by atoms with Gasteiger partial charge in [0.25, 0.3) is 0 Å². The number of hydrogen-bond acceptors (Lipinski definition) is 4. The summed E-state index contributed by atoms with van der Waals surface area (Å²) in [6.07, 6.45) is 12.7. The van der Waals surface area contributed by atoms with Gasteiger partial charge in [-0.15, -0.1) is 6.58 Å². The van der Waals surface area contributed by atoms with Crippen LogP contribution >= 0.6 is 12.2 Å². The maximum Gasteiger partial charge on any atom is 0.166 e. The molecule has 6 heteroatoms. The van der Waals surface area contributed by atoms with Crippen LogP contribution in [0.15, 0.2) is 61.3 Å². The van der Waals surface area contributed by atoms with E-state index in [1.807, 2.05) is 12.3 Å². The number of ether oxygens (including phenoxy) is 1. The lowest BCUT2D eigenvalue weighted by atomic mass is 9.53. The lowest BCUT2D eigenvalue weighted by Gasteiger charge is -2.53. The molecule has 1 aromatic heterocycles. The second-order valence-electron chi connectivity index (χ2n) is 16.1. The summed E-state index contributed by atoms with van der Waals surface area (Å²) in [6, 6.07) is 16.2. The second-order valence-corrected chi connectivity index (χ2v) is 16.5. The Morgan fingerprint density at radius 2 is 2.00 bits per heavy atom. The highest BCUT2D eigenvalue weighted by molar-refractivity contribution is 7.80. The molecule has 5 aliphatic rings. The smallest absolute Gasteiger partial charge is 0.166 e. The fraction of sp³-hybridized carbons (Fsp3) is 0.561. The van der Waals surface area contributed by atoms with E-state index in [2.05, 4.69) is 92.3 Å². The molecule has 4 heterocycles. The van der Waals surface area contributed by atoms with E-state index in [4.69, 9.17) is 21.9 Å². The van der Waals surface area contributed by atoms with Crippen molar-refractivity contribution < 1.29 is 4.74 Å². The number of methoxy groups -OCH3 is 1. The van der Waals surface area contributed by atoms with E-state index in [1.165, 1.54) is 49.7 Å². The van der Waals surface area contributed by atoms with Gasteiger partial charge in [-0.3, -0.25) is 9.88 Å². The summed E-state index contributed by atoms with van der Waals surface area (Å²) in [5.41, 5.74) is 7.40. The Bertz CT molecular complexity index is 1650. The van der Waals surface area contributed by atoms with Crippen molar-refractivity contribution >= 4 is 28.2 Å². The first kappa shape index (κ1) is 32.6.